The van der Waals surface area contributed by atoms with Crippen LogP contribution >= 0.6 is 15.4 Å². The highest BCUT2D eigenvalue weighted by Crippen LogP contribution is 2.50. The summed E-state index contributed by atoms with van der Waals surface area (Å²) in [5.74, 6) is -2.75. The molecule has 0 radical (unpaired) electrons. The van der Waals surface area contributed by atoms with Crippen LogP contribution in [0.25, 0.3) is 0 Å². The molecular weight excluding hydrogens is 388 g/mol. The van der Waals surface area contributed by atoms with Crippen LogP contribution in [0.1, 0.15) is 6.23 Å². The molecule has 2 heterocycles. The number of hydrogen-bond acceptors (Lipinski definition) is 9. The topological polar surface area (TPSA) is 235 Å². The van der Waals surface area contributed by atoms with Crippen molar-refractivity contribution in [1.82, 2.24) is 9.55 Å². The van der Waals surface area contributed by atoms with Gasteiger partial charge in [-0.25, -0.2) is 9.36 Å². The van der Waals surface area contributed by atoms with Gasteiger partial charge in [-0.3, -0.25) is 13.7 Å². The zero-order valence-corrected chi connectivity index (χ0v) is 13.9. The van der Waals surface area contributed by atoms with Crippen molar-refractivity contribution in [3.05, 3.63) is 22.7 Å². The molecule has 1 aliphatic rings. The molecular formula is C9H15N3O11P2. The molecule has 1 unspecified atom stereocenters. The molecule has 0 bridgehead atoms. The molecule has 2 rings (SSSR count). The molecule has 1 aromatic heterocycles. The van der Waals surface area contributed by atoms with Crippen LogP contribution in [0.4, 0.5) is 5.82 Å². The third kappa shape index (κ3) is 4.51. The Morgan fingerprint density at radius 1 is 1.32 bits per heavy atom. The lowest BCUT2D eigenvalue weighted by Crippen LogP contribution is -2.40. The number of phosphoric ester groups is 1. The number of rotatable bonds is 5. The SMILES string of the molecule is Nc1ccn([C@@H]2O[C@H](C(O)P(=O)(O)O)[C@@H](OP(=O)(O)O)[C@H]2O)c(=O)n1. The summed E-state index contributed by atoms with van der Waals surface area (Å²) in [4.78, 5) is 51.1. The second-order valence-corrected chi connectivity index (χ2v) is 7.99. The fourth-order valence-electron chi connectivity index (χ4n) is 2.24. The fourth-order valence-corrected chi connectivity index (χ4v) is 3.42. The van der Waals surface area contributed by atoms with Crippen LogP contribution in [-0.4, -0.2) is 63.5 Å². The van der Waals surface area contributed by atoms with Gasteiger partial charge in [0.2, 0.25) is 0 Å². The van der Waals surface area contributed by atoms with Crippen molar-refractivity contribution in [2.45, 2.75) is 30.4 Å². The Hall–Kier alpha value is -1.18. The average Bonchev–Trinajstić information content (AvgIpc) is 2.73. The predicted octanol–water partition coefficient (Wildman–Crippen LogP) is -2.94. The minimum atomic E-state index is -5.25. The number of ether oxygens (including phenoxy) is 1. The number of hydrogen-bond donors (Lipinski definition) is 7. The molecule has 25 heavy (non-hydrogen) atoms. The summed E-state index contributed by atoms with van der Waals surface area (Å²) in [6, 6.07) is 1.14. The van der Waals surface area contributed by atoms with E-state index in [0.717, 1.165) is 12.3 Å². The van der Waals surface area contributed by atoms with Gasteiger partial charge in [0.1, 0.15) is 24.1 Å². The number of aromatic nitrogens is 2. The van der Waals surface area contributed by atoms with Gasteiger partial charge < -0.3 is 40.3 Å². The number of nitrogen functional groups attached to an aromatic ring is 1. The molecule has 1 fully saturated rings. The highest BCUT2D eigenvalue weighted by atomic mass is 31.2. The molecule has 0 amide bonds. The molecule has 16 heteroatoms. The first-order valence-electron chi connectivity index (χ1n) is 6.46. The number of nitrogens with zero attached hydrogens (tertiary/aromatic N) is 2. The molecule has 0 aliphatic carbocycles. The van der Waals surface area contributed by atoms with E-state index in [2.05, 4.69) is 9.51 Å². The third-order valence-corrected chi connectivity index (χ3v) is 4.77. The monoisotopic (exact) mass is 403 g/mol. The Kier molecular flexibility index (Phi) is 5.52. The van der Waals surface area contributed by atoms with E-state index in [1.54, 1.807) is 0 Å². The maximum absolute atomic E-state index is 11.8. The summed E-state index contributed by atoms with van der Waals surface area (Å²) in [6.07, 6.45) is -6.78. The molecule has 0 saturated carbocycles. The summed E-state index contributed by atoms with van der Waals surface area (Å²) in [5, 5.41) is 19.9. The van der Waals surface area contributed by atoms with Crippen molar-refractivity contribution in [3.63, 3.8) is 0 Å². The maximum Gasteiger partial charge on any atom is 0.470 e. The van der Waals surface area contributed by atoms with Gasteiger partial charge in [-0.2, -0.15) is 4.98 Å². The quantitative estimate of drug-likeness (QED) is 0.244. The molecule has 0 aromatic carbocycles. The van der Waals surface area contributed by atoms with Gasteiger partial charge in [0, 0.05) is 6.20 Å². The lowest BCUT2D eigenvalue weighted by atomic mass is 10.1. The lowest BCUT2D eigenvalue weighted by molar-refractivity contribution is -0.0690. The van der Waals surface area contributed by atoms with Gasteiger partial charge in [0.15, 0.2) is 12.1 Å². The third-order valence-electron chi connectivity index (χ3n) is 3.27. The summed E-state index contributed by atoms with van der Waals surface area (Å²) >= 11 is 0. The molecule has 14 nitrogen and oxygen atoms in total. The fraction of sp³-hybridized carbons (Fsp3) is 0.556. The van der Waals surface area contributed by atoms with Crippen molar-refractivity contribution in [2.24, 2.45) is 0 Å². The van der Waals surface area contributed by atoms with Crippen molar-refractivity contribution in [3.8, 4) is 0 Å². The zero-order chi connectivity index (χ0) is 19.2. The van der Waals surface area contributed by atoms with Crippen LogP contribution in [0.5, 0.6) is 0 Å². The Balaban J connectivity index is 2.44. The number of nitrogens with two attached hydrogens (primary N) is 1. The van der Waals surface area contributed by atoms with Crippen LogP contribution in [-0.2, 0) is 18.4 Å². The minimum absolute atomic E-state index is 0.163. The summed E-state index contributed by atoms with van der Waals surface area (Å²) < 4.78 is 32.3. The van der Waals surface area contributed by atoms with E-state index in [1.165, 1.54) is 0 Å². The van der Waals surface area contributed by atoms with Crippen LogP contribution in [0, 0.1) is 0 Å². The van der Waals surface area contributed by atoms with Gasteiger partial charge >= 0.3 is 21.1 Å². The van der Waals surface area contributed by atoms with Crippen LogP contribution in [0.15, 0.2) is 17.1 Å². The van der Waals surface area contributed by atoms with Crippen molar-refractivity contribution >= 4 is 21.2 Å². The second-order valence-electron chi connectivity index (χ2n) is 5.09. The van der Waals surface area contributed by atoms with Gasteiger partial charge in [-0.15, -0.1) is 0 Å². The number of aliphatic hydroxyl groups excluding tert-OH is 2. The van der Waals surface area contributed by atoms with E-state index in [1.807, 2.05) is 0 Å². The van der Waals surface area contributed by atoms with E-state index in [0.29, 0.717) is 4.57 Å². The van der Waals surface area contributed by atoms with Gasteiger partial charge in [-0.1, -0.05) is 0 Å². The zero-order valence-electron chi connectivity index (χ0n) is 12.1. The highest BCUT2D eigenvalue weighted by molar-refractivity contribution is 7.52. The normalized spacial score (nSPS) is 28.9. The highest BCUT2D eigenvalue weighted by Gasteiger charge is 2.54. The lowest BCUT2D eigenvalue weighted by Gasteiger charge is -2.24. The Labute approximate surface area is 138 Å². The molecule has 0 spiro atoms. The van der Waals surface area contributed by atoms with Crippen LogP contribution in [0.2, 0.25) is 0 Å². The Morgan fingerprint density at radius 3 is 2.40 bits per heavy atom. The molecule has 1 aliphatic heterocycles. The van der Waals surface area contributed by atoms with Gasteiger partial charge in [-0.05, 0) is 6.07 Å². The predicted molar refractivity (Wildman–Crippen MR) is 77.8 cm³/mol. The summed E-state index contributed by atoms with van der Waals surface area (Å²) in [6.45, 7) is 0. The van der Waals surface area contributed by atoms with Crippen LogP contribution in [0.3, 0.4) is 0 Å². The number of phosphoric acid groups is 1. The molecule has 8 N–H and O–H groups in total. The number of aliphatic hydroxyl groups is 2. The standard InChI is InChI=1S/C9H15N3O11P2/c10-3-1-2-12(9(15)11-3)7-4(13)5(23-25(19,20)21)6(22-7)8(14)24(16,17)18/h1-2,4-8,13-14H,(H2,10,11,15)(H2,16,17,18)(H2,19,20,21)/t4-,5+,6+,7-,8?/m1/s1. The van der Waals surface area contributed by atoms with Crippen molar-refractivity contribution in [2.75, 3.05) is 5.73 Å². The smallest absolute Gasteiger partial charge is 0.386 e. The van der Waals surface area contributed by atoms with E-state index >= 15 is 0 Å². The first-order chi connectivity index (χ1) is 11.3. The summed E-state index contributed by atoms with van der Waals surface area (Å²) in [5.41, 5.74) is 4.28. The number of anilines is 1. The molecule has 1 saturated heterocycles. The summed E-state index contributed by atoms with van der Waals surface area (Å²) in [7, 11) is -10.5. The first kappa shape index (κ1) is 20.1. The minimum Gasteiger partial charge on any atom is -0.386 e. The van der Waals surface area contributed by atoms with Gasteiger partial charge in [0.25, 0.3) is 0 Å². The molecule has 5 atom stereocenters. The molecule has 142 valence electrons. The first-order valence-corrected chi connectivity index (χ1v) is 9.68. The molecule has 1 aromatic rings. The van der Waals surface area contributed by atoms with Crippen LogP contribution < -0.4 is 11.4 Å². The largest absolute Gasteiger partial charge is 0.470 e. The maximum atomic E-state index is 11.8. The van der Waals surface area contributed by atoms with E-state index in [4.69, 9.17) is 30.0 Å². The Morgan fingerprint density at radius 2 is 1.92 bits per heavy atom. The van der Waals surface area contributed by atoms with Gasteiger partial charge in [0.05, 0.1) is 0 Å². The van der Waals surface area contributed by atoms with E-state index < -0.39 is 51.5 Å². The average molecular weight is 403 g/mol. The van der Waals surface area contributed by atoms with E-state index in [-0.39, 0.29) is 5.82 Å². The van der Waals surface area contributed by atoms with Crippen molar-refractivity contribution in [1.29, 1.82) is 0 Å². The Bertz CT molecular complexity index is 787. The second kappa shape index (κ2) is 6.85. The van der Waals surface area contributed by atoms with E-state index in [9.17, 15) is 24.1 Å². The van der Waals surface area contributed by atoms with Crippen molar-refractivity contribution < 1.29 is 48.2 Å².